The summed E-state index contributed by atoms with van der Waals surface area (Å²) in [5.74, 6) is 0.431. The molecular formula is C43H60N2O2. The number of rotatable bonds is 12. The monoisotopic (exact) mass is 636 g/mol. The Morgan fingerprint density at radius 2 is 1.02 bits per heavy atom. The van der Waals surface area contributed by atoms with Gasteiger partial charge >= 0.3 is 0 Å². The molecule has 0 heterocycles. The zero-order chi connectivity index (χ0) is 35.5. The maximum Gasteiger partial charge on any atom is 0.175 e. The van der Waals surface area contributed by atoms with Gasteiger partial charge in [-0.2, -0.15) is 0 Å². The summed E-state index contributed by atoms with van der Waals surface area (Å²) >= 11 is 0. The number of nitrogens with one attached hydrogen (secondary N) is 1. The third kappa shape index (κ3) is 11.6. The SMILES string of the molecule is CNC1CC(C)(C)C(/C=C/C(C)=C/C=C/C(C)=C/C=C/C=C(C)/C=C/C=C(C)/C=C/C2=C(C)C(=O)C(N(C)C)CC2(C)C)=C(C)C1=O. The highest BCUT2D eigenvalue weighted by Gasteiger charge is 2.39. The van der Waals surface area contributed by atoms with Gasteiger partial charge in [0, 0.05) is 0 Å². The third-order valence-corrected chi connectivity index (χ3v) is 9.31. The number of allylic oxidation sites excluding steroid dienone is 20. The number of carbonyl (C=O) groups is 2. The number of carbonyl (C=O) groups excluding carboxylic acids is 2. The normalized spacial score (nSPS) is 23.9. The van der Waals surface area contributed by atoms with Gasteiger partial charge in [0.1, 0.15) is 0 Å². The van der Waals surface area contributed by atoms with E-state index in [0.717, 1.165) is 57.4 Å². The molecule has 0 amide bonds. The zero-order valence-corrected chi connectivity index (χ0v) is 31.4. The van der Waals surface area contributed by atoms with Crippen molar-refractivity contribution in [2.45, 2.75) is 94.2 Å². The van der Waals surface area contributed by atoms with Crippen molar-refractivity contribution in [2.24, 2.45) is 10.8 Å². The number of nitrogens with zero attached hydrogens (tertiary/aromatic N) is 1. The lowest BCUT2D eigenvalue weighted by atomic mass is 9.70. The van der Waals surface area contributed by atoms with Gasteiger partial charge in [0.25, 0.3) is 0 Å². The second-order valence-electron chi connectivity index (χ2n) is 14.7. The van der Waals surface area contributed by atoms with Crippen molar-refractivity contribution < 1.29 is 9.59 Å². The quantitative estimate of drug-likeness (QED) is 0.217. The predicted octanol–water partition coefficient (Wildman–Crippen LogP) is 9.70. The summed E-state index contributed by atoms with van der Waals surface area (Å²) in [5.41, 5.74) is 8.46. The second-order valence-corrected chi connectivity index (χ2v) is 14.7. The Morgan fingerprint density at radius 3 is 1.45 bits per heavy atom. The predicted molar refractivity (Wildman–Crippen MR) is 203 cm³/mol. The molecule has 0 saturated carbocycles. The number of hydrogen-bond donors (Lipinski definition) is 1. The molecule has 2 rings (SSSR count). The highest BCUT2D eigenvalue weighted by atomic mass is 16.1. The van der Waals surface area contributed by atoms with E-state index in [1.807, 2.05) is 39.9 Å². The van der Waals surface area contributed by atoms with Gasteiger partial charge in [-0.15, -0.1) is 0 Å². The maximum absolute atomic E-state index is 12.9. The first kappa shape index (κ1) is 39.6. The topological polar surface area (TPSA) is 49.4 Å². The Kier molecular flexibility index (Phi) is 14.8. The van der Waals surface area contributed by atoms with Crippen LogP contribution in [0.3, 0.4) is 0 Å². The molecule has 0 saturated heterocycles. The molecule has 4 nitrogen and oxygen atoms in total. The van der Waals surface area contributed by atoms with E-state index < -0.39 is 0 Å². The van der Waals surface area contributed by atoms with Crippen LogP contribution in [0.25, 0.3) is 0 Å². The van der Waals surface area contributed by atoms with Crippen molar-refractivity contribution in [3.05, 3.63) is 130 Å². The largest absolute Gasteiger partial charge is 0.310 e. The maximum atomic E-state index is 12.9. The van der Waals surface area contributed by atoms with E-state index in [-0.39, 0.29) is 34.5 Å². The first-order chi connectivity index (χ1) is 21.9. The molecule has 2 aliphatic rings. The van der Waals surface area contributed by atoms with Crippen LogP contribution in [0.1, 0.15) is 82.1 Å². The van der Waals surface area contributed by atoms with Gasteiger partial charge in [-0.05, 0) is 109 Å². The molecular weight excluding hydrogens is 576 g/mol. The molecule has 0 aromatic carbocycles. The van der Waals surface area contributed by atoms with Crippen LogP contribution in [0.2, 0.25) is 0 Å². The number of hydrogen-bond acceptors (Lipinski definition) is 4. The minimum Gasteiger partial charge on any atom is -0.310 e. The van der Waals surface area contributed by atoms with Gasteiger partial charge in [-0.1, -0.05) is 135 Å². The first-order valence-electron chi connectivity index (χ1n) is 16.8. The molecule has 2 unspecified atom stereocenters. The summed E-state index contributed by atoms with van der Waals surface area (Å²) in [5, 5.41) is 3.16. The summed E-state index contributed by atoms with van der Waals surface area (Å²) in [7, 11) is 5.83. The molecule has 2 atom stereocenters. The van der Waals surface area contributed by atoms with Crippen LogP contribution in [0.15, 0.2) is 130 Å². The molecule has 0 aliphatic heterocycles. The molecule has 1 N–H and O–H groups in total. The van der Waals surface area contributed by atoms with Crippen LogP contribution in [-0.4, -0.2) is 49.7 Å². The number of likely N-dealkylation sites (N-methyl/N-ethyl adjacent to an activating group) is 2. The molecule has 0 fully saturated rings. The summed E-state index contributed by atoms with van der Waals surface area (Å²) in [4.78, 5) is 27.6. The fourth-order valence-corrected chi connectivity index (χ4v) is 6.31. The molecule has 0 spiro atoms. The Hall–Kier alpha value is -3.60. The van der Waals surface area contributed by atoms with Crippen molar-refractivity contribution in [1.29, 1.82) is 0 Å². The Balaban J connectivity index is 1.97. The van der Waals surface area contributed by atoms with Crippen LogP contribution in [-0.2, 0) is 9.59 Å². The third-order valence-electron chi connectivity index (χ3n) is 9.31. The molecule has 0 bridgehead atoms. The van der Waals surface area contributed by atoms with Crippen molar-refractivity contribution in [2.75, 3.05) is 21.1 Å². The highest BCUT2D eigenvalue weighted by Crippen LogP contribution is 2.41. The lowest BCUT2D eigenvalue weighted by Crippen LogP contribution is -2.44. The summed E-state index contributed by atoms with van der Waals surface area (Å²) < 4.78 is 0. The fourth-order valence-electron chi connectivity index (χ4n) is 6.31. The van der Waals surface area contributed by atoms with Crippen LogP contribution >= 0.6 is 0 Å². The fraction of sp³-hybridized carbons (Fsp3) is 0.442. The molecule has 47 heavy (non-hydrogen) atoms. The molecule has 0 aromatic heterocycles. The average Bonchev–Trinajstić information content (AvgIpc) is 2.98. The molecule has 0 aromatic rings. The van der Waals surface area contributed by atoms with Gasteiger partial charge in [0.2, 0.25) is 0 Å². The Morgan fingerprint density at radius 1 is 0.638 bits per heavy atom. The van der Waals surface area contributed by atoms with E-state index >= 15 is 0 Å². The lowest BCUT2D eigenvalue weighted by Gasteiger charge is -2.39. The standard InChI is InChI=1S/C43H60N2O2/c1-30(20-16-22-32(3)24-26-36-34(5)40(46)38(44-11)28-42(36,7)8)18-14-15-19-31(2)21-17-23-33(4)25-27-37-35(6)41(47)39(45(12)13)29-43(37,9)10/h14-27,38-39,44H,28-29H2,1-13H3/b15-14+,20-16+,21-17+,26-24+,27-25+,30-18+,31-19+,32-22+,33-23+. The van der Waals surface area contributed by atoms with E-state index in [1.54, 1.807) is 0 Å². The lowest BCUT2D eigenvalue weighted by molar-refractivity contribution is -0.121. The van der Waals surface area contributed by atoms with Gasteiger partial charge in [-0.3, -0.25) is 14.5 Å². The van der Waals surface area contributed by atoms with Crippen LogP contribution in [0.4, 0.5) is 0 Å². The van der Waals surface area contributed by atoms with Crippen LogP contribution < -0.4 is 5.32 Å². The number of ketones is 2. The van der Waals surface area contributed by atoms with Crippen molar-refractivity contribution in [1.82, 2.24) is 10.2 Å². The molecule has 0 radical (unpaired) electrons. The molecule has 254 valence electrons. The zero-order valence-electron chi connectivity index (χ0n) is 31.4. The van der Waals surface area contributed by atoms with E-state index in [9.17, 15) is 9.59 Å². The smallest absolute Gasteiger partial charge is 0.175 e. The first-order valence-corrected chi connectivity index (χ1v) is 16.8. The van der Waals surface area contributed by atoms with Crippen molar-refractivity contribution >= 4 is 11.6 Å². The van der Waals surface area contributed by atoms with Crippen LogP contribution in [0.5, 0.6) is 0 Å². The van der Waals surface area contributed by atoms with Gasteiger partial charge in [-0.25, -0.2) is 0 Å². The summed E-state index contributed by atoms with van der Waals surface area (Å²) in [6.07, 6.45) is 30.9. The minimum absolute atomic E-state index is 0.0507. The molecule has 2 aliphatic carbocycles. The van der Waals surface area contributed by atoms with E-state index in [2.05, 4.69) is 146 Å². The van der Waals surface area contributed by atoms with Gasteiger partial charge in [0.05, 0.1) is 12.1 Å². The summed E-state index contributed by atoms with van der Waals surface area (Å²) in [6.45, 7) is 21.1. The highest BCUT2D eigenvalue weighted by molar-refractivity contribution is 6.02. The van der Waals surface area contributed by atoms with Crippen molar-refractivity contribution in [3.63, 3.8) is 0 Å². The minimum atomic E-state index is -0.102. The van der Waals surface area contributed by atoms with Crippen molar-refractivity contribution in [3.8, 4) is 0 Å². The van der Waals surface area contributed by atoms with E-state index in [4.69, 9.17) is 0 Å². The van der Waals surface area contributed by atoms with Gasteiger partial charge < -0.3 is 5.32 Å². The average molecular weight is 637 g/mol. The summed E-state index contributed by atoms with van der Waals surface area (Å²) in [6, 6.07) is -0.153. The Bertz CT molecular complexity index is 1520. The van der Waals surface area contributed by atoms with E-state index in [1.165, 1.54) is 0 Å². The van der Waals surface area contributed by atoms with E-state index in [0.29, 0.717) is 0 Å². The second kappa shape index (κ2) is 17.5. The van der Waals surface area contributed by atoms with Gasteiger partial charge in [0.15, 0.2) is 11.6 Å². The van der Waals surface area contributed by atoms with Crippen LogP contribution in [0, 0.1) is 10.8 Å². The number of Topliss-reactive ketones (excluding diaryl/α,β-unsaturated/α-hetero) is 2. The molecule has 4 heteroatoms. The Labute approximate surface area is 286 Å².